The summed E-state index contributed by atoms with van der Waals surface area (Å²) in [7, 11) is 0. The monoisotopic (exact) mass is 867 g/mol. The van der Waals surface area contributed by atoms with Gasteiger partial charge in [0.25, 0.3) is 0 Å². The molecular weight excluding hydrogens is 769 g/mol. The fraction of sp³-hybridized carbons (Fsp3) is 0.768. The van der Waals surface area contributed by atoms with Crippen LogP contribution >= 0.6 is 0 Å². The van der Waals surface area contributed by atoms with Gasteiger partial charge in [-0.25, -0.2) is 0 Å². The Bertz CT molecular complexity index is 1130. The second kappa shape index (κ2) is 50.8. The molecule has 6 heteroatoms. The standard InChI is InChI=1S/C56H98O6/c1-4-7-10-13-16-19-22-25-27-28-30-31-34-37-40-43-46-49-55(58)61-52-53(51-60-54(57)48-45-42-39-36-33-24-21-18-15-12-9-6-3)62-56(59)50-47-44-41-38-35-32-29-26-23-20-17-14-11-8-5-2/h16,18-19,21,25,27,30-31,37,40,53H,4-15,17,20,22-24,26,28-29,32-36,38-39,41-52H2,1-3H3/b19-16-,21-18-,27-25-,31-30-,40-37-/t53-/m1/s1. The number of hydrogen-bond donors (Lipinski definition) is 0. The van der Waals surface area contributed by atoms with E-state index in [1.54, 1.807) is 0 Å². The fourth-order valence-corrected chi connectivity index (χ4v) is 7.25. The lowest BCUT2D eigenvalue weighted by molar-refractivity contribution is -0.167. The van der Waals surface area contributed by atoms with Gasteiger partial charge in [0.15, 0.2) is 6.10 Å². The van der Waals surface area contributed by atoms with Crippen molar-refractivity contribution >= 4 is 17.9 Å². The molecule has 0 fully saturated rings. The van der Waals surface area contributed by atoms with Crippen LogP contribution in [0.1, 0.15) is 258 Å². The van der Waals surface area contributed by atoms with Gasteiger partial charge in [-0.15, -0.1) is 0 Å². The third-order valence-electron chi connectivity index (χ3n) is 11.2. The molecular formula is C56H98O6. The average Bonchev–Trinajstić information content (AvgIpc) is 3.27. The van der Waals surface area contributed by atoms with Crippen molar-refractivity contribution in [2.45, 2.75) is 264 Å². The molecule has 0 radical (unpaired) electrons. The molecule has 0 aliphatic carbocycles. The van der Waals surface area contributed by atoms with Crippen LogP contribution in [0.2, 0.25) is 0 Å². The quantitative estimate of drug-likeness (QED) is 0.0262. The smallest absolute Gasteiger partial charge is 0.306 e. The molecule has 0 amide bonds. The van der Waals surface area contributed by atoms with Gasteiger partial charge in [-0.3, -0.25) is 14.4 Å². The Hall–Kier alpha value is -2.89. The molecule has 0 heterocycles. The Labute approximate surface area is 383 Å². The van der Waals surface area contributed by atoms with Crippen molar-refractivity contribution in [1.82, 2.24) is 0 Å². The summed E-state index contributed by atoms with van der Waals surface area (Å²) in [4.78, 5) is 37.9. The molecule has 358 valence electrons. The first-order valence-electron chi connectivity index (χ1n) is 26.3. The highest BCUT2D eigenvalue weighted by atomic mass is 16.6. The van der Waals surface area contributed by atoms with E-state index in [9.17, 15) is 14.4 Å². The van der Waals surface area contributed by atoms with Gasteiger partial charge in [0.05, 0.1) is 0 Å². The molecule has 0 N–H and O–H groups in total. The lowest BCUT2D eigenvalue weighted by Gasteiger charge is -2.18. The topological polar surface area (TPSA) is 78.9 Å². The zero-order valence-electron chi connectivity index (χ0n) is 40.9. The zero-order valence-corrected chi connectivity index (χ0v) is 40.9. The Morgan fingerprint density at radius 3 is 1.02 bits per heavy atom. The third kappa shape index (κ3) is 48.1. The highest BCUT2D eigenvalue weighted by Crippen LogP contribution is 2.15. The molecule has 0 saturated heterocycles. The molecule has 0 aliphatic heterocycles. The number of unbranched alkanes of at least 4 members (excludes halogenated alkanes) is 26. The Kier molecular flexibility index (Phi) is 48.4. The van der Waals surface area contributed by atoms with E-state index in [1.807, 2.05) is 0 Å². The zero-order chi connectivity index (χ0) is 45.1. The SMILES string of the molecule is CCCCC/C=C\C/C=C\C/C=C\C/C=C\CCCC(=O)OC[C@@H](COC(=O)CCCCCCC/C=C\CCCCC)OC(=O)CCCCCCCCCCCCCCCCC. The van der Waals surface area contributed by atoms with Crippen LogP contribution in [-0.4, -0.2) is 37.2 Å². The molecule has 0 aliphatic rings. The van der Waals surface area contributed by atoms with E-state index >= 15 is 0 Å². The Balaban J connectivity index is 4.45. The van der Waals surface area contributed by atoms with E-state index in [-0.39, 0.29) is 37.5 Å². The van der Waals surface area contributed by atoms with E-state index in [2.05, 4.69) is 81.5 Å². The maximum atomic E-state index is 12.8. The van der Waals surface area contributed by atoms with Crippen LogP contribution in [0.15, 0.2) is 60.8 Å². The van der Waals surface area contributed by atoms with E-state index < -0.39 is 6.10 Å². The summed E-state index contributed by atoms with van der Waals surface area (Å²) in [6.45, 7) is 6.54. The number of carbonyl (C=O) groups is 3. The van der Waals surface area contributed by atoms with Gasteiger partial charge in [-0.1, -0.05) is 216 Å². The lowest BCUT2D eigenvalue weighted by Crippen LogP contribution is -2.30. The van der Waals surface area contributed by atoms with Crippen LogP contribution in [0.4, 0.5) is 0 Å². The van der Waals surface area contributed by atoms with E-state index in [0.717, 1.165) is 70.6 Å². The van der Waals surface area contributed by atoms with Crippen LogP contribution in [0.5, 0.6) is 0 Å². The van der Waals surface area contributed by atoms with E-state index in [0.29, 0.717) is 19.3 Å². The van der Waals surface area contributed by atoms with E-state index in [1.165, 1.54) is 141 Å². The highest BCUT2D eigenvalue weighted by molar-refractivity contribution is 5.71. The van der Waals surface area contributed by atoms with Crippen molar-refractivity contribution in [3.8, 4) is 0 Å². The number of rotatable bonds is 47. The summed E-state index contributed by atoms with van der Waals surface area (Å²) in [5.74, 6) is -0.954. The average molecular weight is 867 g/mol. The van der Waals surface area contributed by atoms with Gasteiger partial charge < -0.3 is 14.2 Å². The molecule has 0 unspecified atom stereocenters. The molecule has 0 aromatic rings. The molecule has 0 rings (SSSR count). The van der Waals surface area contributed by atoms with Crippen molar-refractivity contribution in [3.63, 3.8) is 0 Å². The van der Waals surface area contributed by atoms with Gasteiger partial charge >= 0.3 is 17.9 Å². The second-order valence-electron chi connectivity index (χ2n) is 17.4. The summed E-state index contributed by atoms with van der Waals surface area (Å²) in [5, 5.41) is 0. The molecule has 0 saturated carbocycles. The van der Waals surface area contributed by atoms with Crippen LogP contribution in [-0.2, 0) is 28.6 Å². The first-order chi connectivity index (χ1) is 30.5. The fourth-order valence-electron chi connectivity index (χ4n) is 7.25. The normalized spacial score (nSPS) is 12.5. The van der Waals surface area contributed by atoms with Gasteiger partial charge in [0, 0.05) is 19.3 Å². The minimum absolute atomic E-state index is 0.0937. The molecule has 6 nitrogen and oxygen atoms in total. The molecule has 0 aromatic carbocycles. The summed E-state index contributed by atoms with van der Waals surface area (Å²) in [6.07, 6.45) is 62.1. The van der Waals surface area contributed by atoms with Crippen molar-refractivity contribution < 1.29 is 28.6 Å². The second-order valence-corrected chi connectivity index (χ2v) is 17.4. The van der Waals surface area contributed by atoms with Crippen molar-refractivity contribution in [2.75, 3.05) is 13.2 Å². The molecule has 1 atom stereocenters. The molecule has 0 spiro atoms. The first kappa shape index (κ1) is 59.1. The summed E-state index contributed by atoms with van der Waals surface area (Å²) in [6, 6.07) is 0. The molecule has 0 aromatic heterocycles. The predicted molar refractivity (Wildman–Crippen MR) is 265 cm³/mol. The van der Waals surface area contributed by atoms with Crippen LogP contribution in [0.25, 0.3) is 0 Å². The number of allylic oxidation sites excluding steroid dienone is 10. The van der Waals surface area contributed by atoms with Crippen LogP contribution in [0, 0.1) is 0 Å². The van der Waals surface area contributed by atoms with Crippen molar-refractivity contribution in [3.05, 3.63) is 60.8 Å². The summed E-state index contributed by atoms with van der Waals surface area (Å²) >= 11 is 0. The van der Waals surface area contributed by atoms with Crippen LogP contribution < -0.4 is 0 Å². The summed E-state index contributed by atoms with van der Waals surface area (Å²) in [5.41, 5.74) is 0. The highest BCUT2D eigenvalue weighted by Gasteiger charge is 2.19. The Morgan fingerprint density at radius 2 is 0.597 bits per heavy atom. The minimum atomic E-state index is -0.796. The maximum Gasteiger partial charge on any atom is 0.306 e. The number of carbonyl (C=O) groups excluding carboxylic acids is 3. The van der Waals surface area contributed by atoms with Gasteiger partial charge in [-0.2, -0.15) is 0 Å². The van der Waals surface area contributed by atoms with Gasteiger partial charge in [0.1, 0.15) is 13.2 Å². The molecule has 62 heavy (non-hydrogen) atoms. The molecule has 0 bridgehead atoms. The summed E-state index contributed by atoms with van der Waals surface area (Å²) < 4.78 is 16.7. The number of hydrogen-bond acceptors (Lipinski definition) is 6. The third-order valence-corrected chi connectivity index (χ3v) is 11.2. The largest absolute Gasteiger partial charge is 0.462 e. The number of ether oxygens (including phenoxy) is 3. The predicted octanol–water partition coefficient (Wildman–Crippen LogP) is 17.3. The minimum Gasteiger partial charge on any atom is -0.462 e. The maximum absolute atomic E-state index is 12.8. The van der Waals surface area contributed by atoms with Gasteiger partial charge in [-0.05, 0) is 83.5 Å². The number of esters is 3. The Morgan fingerprint density at radius 1 is 0.323 bits per heavy atom. The van der Waals surface area contributed by atoms with Crippen LogP contribution in [0.3, 0.4) is 0 Å². The van der Waals surface area contributed by atoms with Crippen molar-refractivity contribution in [2.24, 2.45) is 0 Å². The van der Waals surface area contributed by atoms with Crippen molar-refractivity contribution in [1.29, 1.82) is 0 Å². The lowest BCUT2D eigenvalue weighted by atomic mass is 10.0. The van der Waals surface area contributed by atoms with Gasteiger partial charge in [0.2, 0.25) is 0 Å². The first-order valence-corrected chi connectivity index (χ1v) is 26.3. The van der Waals surface area contributed by atoms with E-state index in [4.69, 9.17) is 14.2 Å².